The van der Waals surface area contributed by atoms with E-state index in [0.717, 1.165) is 12.2 Å². The summed E-state index contributed by atoms with van der Waals surface area (Å²) in [5.74, 6) is -2.66. The van der Waals surface area contributed by atoms with Gasteiger partial charge in [0.15, 0.2) is 5.78 Å². The molecule has 0 amide bonds. The molecule has 220 valence electrons. The van der Waals surface area contributed by atoms with Crippen molar-refractivity contribution < 1.29 is 43.2 Å². The quantitative estimate of drug-likeness (QED) is 0.141. The molecule has 1 aromatic rings. The van der Waals surface area contributed by atoms with Crippen molar-refractivity contribution >= 4 is 57.0 Å². The summed E-state index contributed by atoms with van der Waals surface area (Å²) in [6, 6.07) is 4.27. The van der Waals surface area contributed by atoms with Crippen molar-refractivity contribution in [2.45, 2.75) is 4.90 Å². The van der Waals surface area contributed by atoms with Crippen LogP contribution in [0.3, 0.4) is 0 Å². The molecule has 0 atom stereocenters. The average molecular weight is 615 g/mol. The molecule has 1 aromatic carbocycles. The Balaban J connectivity index is 1.42. The second-order valence-corrected chi connectivity index (χ2v) is 10.6. The number of rotatable bonds is 5. The van der Waals surface area contributed by atoms with E-state index in [4.69, 9.17) is 5.11 Å². The molecule has 4 aliphatic rings. The molecule has 4 aliphatic carbocycles. The lowest BCUT2D eigenvalue weighted by Crippen LogP contribution is -2.23. The van der Waals surface area contributed by atoms with Crippen molar-refractivity contribution in [2.24, 2.45) is 20.4 Å². The Labute approximate surface area is 249 Å². The van der Waals surface area contributed by atoms with Crippen LogP contribution < -0.4 is 0 Å². The highest BCUT2D eigenvalue weighted by atomic mass is 32.3. The van der Waals surface area contributed by atoms with Crippen LogP contribution in [0.4, 0.5) is 0 Å². The zero-order valence-electron chi connectivity index (χ0n) is 22.2. The monoisotopic (exact) mass is 614 g/mol. The van der Waals surface area contributed by atoms with Gasteiger partial charge in [0.05, 0.1) is 22.7 Å². The molecule has 0 radical (unpaired) electrons. The summed E-state index contributed by atoms with van der Waals surface area (Å²) in [7, 11) is -4.41. The molecular weight excluding hydrogens is 594 g/mol. The molecule has 15 heteroatoms. The van der Waals surface area contributed by atoms with Gasteiger partial charge in [-0.3, -0.25) is 20.0 Å². The van der Waals surface area contributed by atoms with Crippen LogP contribution in [0.15, 0.2) is 133 Å². The maximum absolute atomic E-state index is 12.6. The molecule has 0 aromatic heterocycles. The number of carboxylic acids is 1. The van der Waals surface area contributed by atoms with Crippen LogP contribution >= 0.6 is 0 Å². The number of ketones is 2. The summed E-state index contributed by atoms with van der Waals surface area (Å²) in [6.07, 6.45) is 16.7. The number of aliphatic carboxylic acids is 1. The second kappa shape index (κ2) is 12.0. The number of hydrogen-bond acceptors (Lipinski definition) is 11. The van der Waals surface area contributed by atoms with Gasteiger partial charge >= 0.3 is 16.5 Å². The molecule has 0 heterocycles. The molecule has 0 aliphatic heterocycles. The van der Waals surface area contributed by atoms with E-state index in [2.05, 4.69) is 20.4 Å². The van der Waals surface area contributed by atoms with Gasteiger partial charge in [0.2, 0.25) is 10.7 Å². The van der Waals surface area contributed by atoms with Gasteiger partial charge in [0.25, 0.3) is 0 Å². The van der Waals surface area contributed by atoms with Crippen molar-refractivity contribution in [3.05, 3.63) is 119 Å². The largest absolute Gasteiger partial charge is 0.478 e. The van der Waals surface area contributed by atoms with Crippen molar-refractivity contribution in [2.75, 3.05) is 0 Å². The van der Waals surface area contributed by atoms with E-state index in [9.17, 15) is 38.1 Å². The summed E-state index contributed by atoms with van der Waals surface area (Å²) < 4.78 is 31.5. The summed E-state index contributed by atoms with van der Waals surface area (Å²) >= 11 is 0. The molecule has 14 nitrogen and oxygen atoms in total. The van der Waals surface area contributed by atoms with Crippen LogP contribution in [0.1, 0.15) is 11.1 Å². The predicted molar refractivity (Wildman–Crippen MR) is 159 cm³/mol. The Kier molecular flexibility index (Phi) is 8.13. The van der Waals surface area contributed by atoms with Crippen molar-refractivity contribution in [1.82, 2.24) is 5.23 Å². The fraction of sp³-hybridized carbons (Fsp3) is 0. The van der Waals surface area contributed by atoms with Crippen LogP contribution in [0.2, 0.25) is 0 Å². The van der Waals surface area contributed by atoms with E-state index in [-0.39, 0.29) is 44.2 Å². The highest BCUT2D eigenvalue weighted by Crippen LogP contribution is 2.28. The maximum atomic E-state index is 12.6. The number of benzene rings is 1. The number of nitrogens with zero attached hydrogens (tertiary/aromatic N) is 5. The number of carbonyl (C=O) groups excluding carboxylic acids is 2. The predicted octanol–water partition coefficient (Wildman–Crippen LogP) is 3.14. The number of hydrogen-bond donors (Lipinski definition) is 5. The zero-order chi connectivity index (χ0) is 31.6. The van der Waals surface area contributed by atoms with Gasteiger partial charge in [-0.1, -0.05) is 30.4 Å². The van der Waals surface area contributed by atoms with Gasteiger partial charge in [0.1, 0.15) is 17.0 Å². The molecule has 0 fully saturated rings. The van der Waals surface area contributed by atoms with Crippen molar-refractivity contribution in [1.29, 1.82) is 0 Å². The minimum Gasteiger partial charge on any atom is -0.478 e. The summed E-state index contributed by atoms with van der Waals surface area (Å²) in [4.78, 5) is 35.0. The van der Waals surface area contributed by atoms with Crippen LogP contribution in [0, 0.1) is 0 Å². The molecule has 44 heavy (non-hydrogen) atoms. The lowest BCUT2D eigenvalue weighted by molar-refractivity contribution is -0.276. The fourth-order valence-electron chi connectivity index (χ4n) is 4.30. The van der Waals surface area contributed by atoms with Crippen molar-refractivity contribution in [3.63, 3.8) is 0 Å². The fourth-order valence-corrected chi connectivity index (χ4v) is 5.04. The first-order valence-electron chi connectivity index (χ1n) is 12.4. The highest BCUT2D eigenvalue weighted by molar-refractivity contribution is 7.92. The van der Waals surface area contributed by atoms with E-state index in [1.54, 1.807) is 18.2 Å². The molecular formula is C29H20N5O9S+. The van der Waals surface area contributed by atoms with Gasteiger partial charge in [0, 0.05) is 11.6 Å². The van der Waals surface area contributed by atoms with Gasteiger partial charge in [-0.25, -0.2) is 4.79 Å². The normalized spacial score (nSPS) is 20.5. The van der Waals surface area contributed by atoms with Gasteiger partial charge < -0.3 is 5.11 Å². The summed E-state index contributed by atoms with van der Waals surface area (Å²) in [6.45, 7) is 0. The Hall–Kier alpha value is -5.58. The number of hydroxylamine groups is 2. The standard InChI is InChI=1S/C29H19N5O9S/c35-24-13-10-19(14-22(24)29(37)38)31-32-20-9-11-21(23(15-20)34(39)40)16-4-7-18(8-5-16)30-33-28-25(36)12-6-17-2-1-3-26(27(17)28)44(41,42)43/h1-15,39-40H,(H2-,37,38,41,42,43)/p+1. The van der Waals surface area contributed by atoms with Crippen LogP contribution in [0.5, 0.6) is 0 Å². The molecule has 5 rings (SSSR count). The minimum atomic E-state index is -4.41. The Morgan fingerprint density at radius 3 is 2.00 bits per heavy atom. The Morgan fingerprint density at radius 2 is 1.34 bits per heavy atom. The van der Waals surface area contributed by atoms with Crippen molar-refractivity contribution in [3.8, 4) is 0 Å². The summed E-state index contributed by atoms with van der Waals surface area (Å²) in [5.41, 5.74) is 1.08. The van der Waals surface area contributed by atoms with E-state index in [0.29, 0.717) is 16.7 Å². The molecule has 0 spiro atoms. The van der Waals surface area contributed by atoms with Crippen LogP contribution in [-0.2, 0) is 29.1 Å². The number of carboxylic acid groups (broad SMARTS) is 1. The maximum Gasteiger partial charge on any atom is 0.387 e. The lowest BCUT2D eigenvalue weighted by Gasteiger charge is -2.19. The molecule has 0 saturated heterocycles. The SMILES string of the molecule is O=C(O)C1=CC(=NN=C2C=CC(=C3C=CC(=NN=C4C(=O)C=Cc5cccc([S+](=O)(O)O)c54)C=C3)C(N(O)O)=C2)C=CC1=O. The molecule has 5 N–H and O–H groups in total. The average Bonchev–Trinajstić information content (AvgIpc) is 2.99. The number of fused-ring (bicyclic) bond motifs is 1. The number of allylic oxidation sites excluding steroid dienone is 12. The molecule has 0 bridgehead atoms. The minimum absolute atomic E-state index is 0.00650. The Bertz CT molecular complexity index is 1930. The topological polar surface area (TPSA) is 222 Å². The third kappa shape index (κ3) is 6.26. The smallest absolute Gasteiger partial charge is 0.387 e. The van der Waals surface area contributed by atoms with E-state index < -0.39 is 33.6 Å². The van der Waals surface area contributed by atoms with Gasteiger partial charge in [-0.05, 0) is 70.0 Å². The lowest BCUT2D eigenvalue weighted by atomic mass is 9.94. The van der Waals surface area contributed by atoms with Gasteiger partial charge in [-0.15, -0.1) is 10.3 Å². The van der Waals surface area contributed by atoms with Gasteiger partial charge in [-0.2, -0.15) is 24.4 Å². The van der Waals surface area contributed by atoms with E-state index in [1.807, 2.05) is 0 Å². The number of carbonyl (C=O) groups is 3. The highest BCUT2D eigenvalue weighted by Gasteiger charge is 2.36. The summed E-state index contributed by atoms with van der Waals surface area (Å²) in [5, 5.41) is 44.7. The second-order valence-electron chi connectivity index (χ2n) is 9.19. The first kappa shape index (κ1) is 29.9. The third-order valence-electron chi connectivity index (χ3n) is 6.34. The zero-order valence-corrected chi connectivity index (χ0v) is 23.0. The van der Waals surface area contributed by atoms with Crippen LogP contribution in [-0.4, -0.2) is 70.2 Å². The first-order valence-corrected chi connectivity index (χ1v) is 13.9. The molecule has 0 unspecified atom stereocenters. The first-order chi connectivity index (χ1) is 20.9. The third-order valence-corrected chi connectivity index (χ3v) is 7.26. The Morgan fingerprint density at radius 1 is 0.727 bits per heavy atom. The van der Waals surface area contributed by atoms with E-state index >= 15 is 0 Å². The molecule has 0 saturated carbocycles. The van der Waals surface area contributed by atoms with Crippen LogP contribution in [0.25, 0.3) is 6.08 Å². The van der Waals surface area contributed by atoms with E-state index in [1.165, 1.54) is 60.7 Å².